The SMILES string of the molecule is C[C@]12CC[C@@H]3[C@H](CCC4=CC(=O)CC[C@]43C)[C@H]1CC[C@@]2(O)C#N. The fourth-order valence-corrected chi connectivity index (χ4v) is 6.76. The molecule has 23 heavy (non-hydrogen) atoms. The van der Waals surface area contributed by atoms with Crippen molar-refractivity contribution in [2.45, 2.75) is 70.8 Å². The minimum Gasteiger partial charge on any atom is -0.375 e. The predicted octanol–water partition coefficient (Wildman–Crippen LogP) is 3.77. The van der Waals surface area contributed by atoms with Gasteiger partial charge in [-0.3, -0.25) is 4.79 Å². The molecule has 0 aliphatic heterocycles. The predicted molar refractivity (Wildman–Crippen MR) is 87.3 cm³/mol. The molecule has 0 bridgehead atoms. The zero-order valence-corrected chi connectivity index (χ0v) is 14.3. The quantitative estimate of drug-likeness (QED) is 0.692. The number of aliphatic hydroxyl groups is 1. The van der Waals surface area contributed by atoms with Crippen molar-refractivity contribution in [1.82, 2.24) is 0 Å². The van der Waals surface area contributed by atoms with Gasteiger partial charge in [-0.25, -0.2) is 0 Å². The third-order valence-corrected chi connectivity index (χ3v) is 8.30. The van der Waals surface area contributed by atoms with Gasteiger partial charge in [0.15, 0.2) is 11.4 Å². The lowest BCUT2D eigenvalue weighted by Crippen LogP contribution is -2.54. The van der Waals surface area contributed by atoms with Crippen molar-refractivity contribution in [2.75, 3.05) is 0 Å². The van der Waals surface area contributed by atoms with Crippen molar-refractivity contribution in [1.29, 1.82) is 5.26 Å². The molecule has 0 aromatic rings. The molecule has 0 spiro atoms. The van der Waals surface area contributed by atoms with E-state index in [1.165, 1.54) is 5.57 Å². The highest BCUT2D eigenvalue weighted by atomic mass is 16.3. The summed E-state index contributed by atoms with van der Waals surface area (Å²) in [6.07, 6.45) is 9.42. The number of hydrogen-bond donors (Lipinski definition) is 1. The van der Waals surface area contributed by atoms with Gasteiger partial charge in [-0.1, -0.05) is 19.4 Å². The second-order valence-electron chi connectivity index (χ2n) is 8.94. The molecule has 4 aliphatic carbocycles. The van der Waals surface area contributed by atoms with Crippen LogP contribution in [-0.4, -0.2) is 16.5 Å². The summed E-state index contributed by atoms with van der Waals surface area (Å²) in [5.41, 5.74) is 0.172. The second kappa shape index (κ2) is 4.70. The number of rotatable bonds is 0. The van der Waals surface area contributed by atoms with Crippen molar-refractivity contribution >= 4 is 5.78 Å². The molecule has 0 unspecified atom stereocenters. The summed E-state index contributed by atoms with van der Waals surface area (Å²) in [5.74, 6) is 1.99. The van der Waals surface area contributed by atoms with Crippen LogP contribution in [0.3, 0.4) is 0 Å². The van der Waals surface area contributed by atoms with Crippen LogP contribution >= 0.6 is 0 Å². The molecule has 4 aliphatic rings. The minimum absolute atomic E-state index is 0.172. The first-order chi connectivity index (χ1) is 10.8. The Balaban J connectivity index is 1.70. The molecule has 124 valence electrons. The maximum atomic E-state index is 11.8. The molecule has 3 nitrogen and oxygen atoms in total. The largest absolute Gasteiger partial charge is 0.375 e. The molecule has 0 saturated heterocycles. The topological polar surface area (TPSA) is 61.1 Å². The Morgan fingerprint density at radius 1 is 1.13 bits per heavy atom. The van der Waals surface area contributed by atoms with Gasteiger partial charge < -0.3 is 5.11 Å². The van der Waals surface area contributed by atoms with E-state index in [4.69, 9.17) is 0 Å². The highest BCUT2D eigenvalue weighted by Gasteiger charge is 2.64. The van der Waals surface area contributed by atoms with Gasteiger partial charge in [0.05, 0.1) is 6.07 Å². The Bertz CT molecular complexity index is 632. The molecule has 6 atom stereocenters. The number of ketones is 1. The molecule has 3 heteroatoms. The maximum Gasteiger partial charge on any atom is 0.156 e. The highest BCUT2D eigenvalue weighted by Crippen LogP contribution is 2.67. The Labute approximate surface area is 138 Å². The molecule has 4 rings (SSSR count). The zero-order valence-electron chi connectivity index (χ0n) is 14.3. The van der Waals surface area contributed by atoms with Crippen LogP contribution in [0.15, 0.2) is 11.6 Å². The Morgan fingerprint density at radius 2 is 1.87 bits per heavy atom. The van der Waals surface area contributed by atoms with Gasteiger partial charge in [0.1, 0.15) is 0 Å². The van der Waals surface area contributed by atoms with E-state index >= 15 is 0 Å². The van der Waals surface area contributed by atoms with E-state index in [2.05, 4.69) is 19.9 Å². The average molecular weight is 313 g/mol. The number of hydrogen-bond acceptors (Lipinski definition) is 3. The fourth-order valence-electron chi connectivity index (χ4n) is 6.76. The lowest BCUT2D eigenvalue weighted by molar-refractivity contribution is -0.119. The van der Waals surface area contributed by atoms with Gasteiger partial charge in [0.2, 0.25) is 0 Å². The van der Waals surface area contributed by atoms with Crippen LogP contribution in [0.1, 0.15) is 65.2 Å². The zero-order chi connectivity index (χ0) is 16.5. The fraction of sp³-hybridized carbons (Fsp3) is 0.800. The second-order valence-corrected chi connectivity index (χ2v) is 8.94. The van der Waals surface area contributed by atoms with Crippen LogP contribution in [0, 0.1) is 39.9 Å². The van der Waals surface area contributed by atoms with E-state index in [1.807, 2.05) is 6.08 Å². The van der Waals surface area contributed by atoms with Crippen LogP contribution < -0.4 is 0 Å². The Kier molecular flexibility index (Phi) is 3.14. The molecule has 0 heterocycles. The van der Waals surface area contributed by atoms with Crippen molar-refractivity contribution in [3.05, 3.63) is 11.6 Å². The van der Waals surface area contributed by atoms with Gasteiger partial charge in [0, 0.05) is 11.8 Å². The molecule has 0 aromatic heterocycles. The number of nitriles is 1. The van der Waals surface area contributed by atoms with Crippen molar-refractivity contribution < 1.29 is 9.90 Å². The number of nitrogens with zero attached hydrogens (tertiary/aromatic N) is 1. The normalized spacial score (nSPS) is 52.0. The van der Waals surface area contributed by atoms with Crippen LogP contribution in [0.25, 0.3) is 0 Å². The van der Waals surface area contributed by atoms with Gasteiger partial charge in [-0.2, -0.15) is 5.26 Å². The summed E-state index contributed by atoms with van der Waals surface area (Å²) in [5, 5.41) is 20.4. The summed E-state index contributed by atoms with van der Waals surface area (Å²) in [7, 11) is 0. The minimum atomic E-state index is -1.14. The molecular formula is C20H27NO2. The summed E-state index contributed by atoms with van der Waals surface area (Å²) in [6.45, 7) is 4.53. The Hall–Kier alpha value is -1.14. The third-order valence-electron chi connectivity index (χ3n) is 8.30. The van der Waals surface area contributed by atoms with Crippen molar-refractivity contribution in [3.8, 4) is 6.07 Å². The Morgan fingerprint density at radius 3 is 2.61 bits per heavy atom. The van der Waals surface area contributed by atoms with E-state index in [0.717, 1.165) is 38.5 Å². The maximum absolute atomic E-state index is 11.8. The average Bonchev–Trinajstić information content (AvgIpc) is 2.80. The van der Waals surface area contributed by atoms with Gasteiger partial charge in [0.25, 0.3) is 0 Å². The first-order valence-corrected chi connectivity index (χ1v) is 9.22. The van der Waals surface area contributed by atoms with E-state index in [9.17, 15) is 15.2 Å². The summed E-state index contributed by atoms with van der Waals surface area (Å²) >= 11 is 0. The standard InChI is InChI=1S/C20H27NO2/c1-18-8-5-14(22)11-13(18)3-4-15-16(18)6-9-19(2)17(15)7-10-20(19,23)12-21/h11,15-17,23H,3-10H2,1-2H3/t15-,16+,17+,18+,19-,20+/m0/s1. The summed E-state index contributed by atoms with van der Waals surface area (Å²) in [6, 6.07) is 2.25. The van der Waals surface area contributed by atoms with E-state index < -0.39 is 5.60 Å². The molecule has 1 N–H and O–H groups in total. The van der Waals surface area contributed by atoms with Crippen molar-refractivity contribution in [2.24, 2.45) is 28.6 Å². The first-order valence-electron chi connectivity index (χ1n) is 9.22. The highest BCUT2D eigenvalue weighted by molar-refractivity contribution is 5.91. The first kappa shape index (κ1) is 15.4. The lowest BCUT2D eigenvalue weighted by Gasteiger charge is -2.58. The third kappa shape index (κ3) is 1.82. The summed E-state index contributed by atoms with van der Waals surface area (Å²) in [4.78, 5) is 11.8. The summed E-state index contributed by atoms with van der Waals surface area (Å²) < 4.78 is 0. The van der Waals surface area contributed by atoms with Gasteiger partial charge in [-0.05, 0) is 74.2 Å². The molecular weight excluding hydrogens is 286 g/mol. The van der Waals surface area contributed by atoms with Gasteiger partial charge >= 0.3 is 0 Å². The smallest absolute Gasteiger partial charge is 0.156 e. The number of fused-ring (bicyclic) bond motifs is 5. The molecule has 0 radical (unpaired) electrons. The van der Waals surface area contributed by atoms with Crippen LogP contribution in [0.2, 0.25) is 0 Å². The van der Waals surface area contributed by atoms with Crippen LogP contribution in [0.4, 0.5) is 0 Å². The van der Waals surface area contributed by atoms with Crippen molar-refractivity contribution in [3.63, 3.8) is 0 Å². The number of allylic oxidation sites excluding steroid dienone is 1. The number of carbonyl (C=O) groups is 1. The van der Waals surface area contributed by atoms with E-state index in [0.29, 0.717) is 36.4 Å². The van der Waals surface area contributed by atoms with Crippen LogP contribution in [0.5, 0.6) is 0 Å². The lowest BCUT2D eigenvalue weighted by atomic mass is 9.46. The molecule has 3 saturated carbocycles. The monoisotopic (exact) mass is 313 g/mol. The number of carbonyl (C=O) groups excluding carboxylic acids is 1. The van der Waals surface area contributed by atoms with E-state index in [1.54, 1.807) is 0 Å². The van der Waals surface area contributed by atoms with E-state index in [-0.39, 0.29) is 10.8 Å². The molecule has 0 amide bonds. The molecule has 3 fully saturated rings. The van der Waals surface area contributed by atoms with Gasteiger partial charge in [-0.15, -0.1) is 0 Å². The molecule has 0 aromatic carbocycles. The van der Waals surface area contributed by atoms with Crippen LogP contribution in [-0.2, 0) is 4.79 Å².